The number of hydrogen-bond acceptors (Lipinski definition) is 6. The number of hydrogen-bond donors (Lipinski definition) is 4. The molecule has 0 bridgehead atoms. The number of H-pyrrole nitrogens is 1. The summed E-state index contributed by atoms with van der Waals surface area (Å²) in [5, 5.41) is 9.51. The number of amides is 1. The molecule has 4 N–H and O–H groups in total. The smallest absolute Gasteiger partial charge is 0.248 e. The number of anilines is 1. The molecule has 8 nitrogen and oxygen atoms in total. The summed E-state index contributed by atoms with van der Waals surface area (Å²) in [7, 11) is 0. The van der Waals surface area contributed by atoms with Crippen LogP contribution in [-0.4, -0.2) is 33.7 Å². The fraction of sp³-hybridized carbons (Fsp3) is 0.438. The quantitative estimate of drug-likeness (QED) is 0.663. The van der Waals surface area contributed by atoms with Gasteiger partial charge in [-0.3, -0.25) is 15.2 Å². The van der Waals surface area contributed by atoms with E-state index in [1.807, 2.05) is 19.1 Å². The van der Waals surface area contributed by atoms with Crippen LogP contribution in [0.25, 0.3) is 0 Å². The topological polar surface area (TPSA) is 104 Å². The molecular weight excluding hydrogens is 308 g/mol. The van der Waals surface area contributed by atoms with Crippen molar-refractivity contribution < 1.29 is 9.53 Å². The number of ether oxygens (including phenoxy) is 1. The van der Waals surface area contributed by atoms with Crippen LogP contribution in [-0.2, 0) is 17.6 Å². The van der Waals surface area contributed by atoms with Gasteiger partial charge in [-0.05, 0) is 23.6 Å². The highest BCUT2D eigenvalue weighted by Crippen LogP contribution is 2.30. The Bertz CT molecular complexity index is 759. The molecule has 126 valence electrons. The molecule has 2 unspecified atom stereocenters. The largest absolute Gasteiger partial charge is 0.493 e. The first-order chi connectivity index (χ1) is 11.7. The molecule has 0 saturated carbocycles. The van der Waals surface area contributed by atoms with E-state index in [-0.39, 0.29) is 18.0 Å². The molecule has 2 aliphatic heterocycles. The summed E-state index contributed by atoms with van der Waals surface area (Å²) in [4.78, 5) is 16.5. The molecule has 2 atom stereocenters. The van der Waals surface area contributed by atoms with Crippen LogP contribution in [0.5, 0.6) is 5.75 Å². The average Bonchev–Trinajstić information content (AvgIpc) is 3.33. The number of nitrogens with zero attached hydrogens (tertiary/aromatic N) is 2. The lowest BCUT2D eigenvalue weighted by molar-refractivity contribution is -0.117. The zero-order chi connectivity index (χ0) is 16.5. The second-order valence-corrected chi connectivity index (χ2v) is 6.04. The minimum absolute atomic E-state index is 0.0880. The number of fused-ring (bicyclic) bond motifs is 1. The summed E-state index contributed by atoms with van der Waals surface area (Å²) in [6, 6.07) is 5.97. The van der Waals surface area contributed by atoms with Gasteiger partial charge in [-0.1, -0.05) is 19.1 Å². The third kappa shape index (κ3) is 2.85. The van der Waals surface area contributed by atoms with Crippen molar-refractivity contribution in [2.45, 2.75) is 38.3 Å². The number of aryl methyl sites for hydroxylation is 1. The SMILES string of the molecule is CCc1nc(NC(=O)C2CC(c3ccc4c(c3)CCO4)NN2)n[nH]1. The summed E-state index contributed by atoms with van der Waals surface area (Å²) in [5.41, 5.74) is 8.64. The third-order valence-corrected chi connectivity index (χ3v) is 4.44. The van der Waals surface area contributed by atoms with Gasteiger partial charge in [-0.15, -0.1) is 5.10 Å². The Labute approximate surface area is 139 Å². The molecule has 1 aromatic carbocycles. The van der Waals surface area contributed by atoms with Gasteiger partial charge in [0.1, 0.15) is 17.6 Å². The highest BCUT2D eigenvalue weighted by atomic mass is 16.5. The van der Waals surface area contributed by atoms with Crippen LogP contribution in [0.2, 0.25) is 0 Å². The van der Waals surface area contributed by atoms with Crippen LogP contribution < -0.4 is 20.9 Å². The maximum Gasteiger partial charge on any atom is 0.248 e. The number of carbonyl (C=O) groups is 1. The van der Waals surface area contributed by atoms with Crippen molar-refractivity contribution in [3.63, 3.8) is 0 Å². The van der Waals surface area contributed by atoms with E-state index < -0.39 is 0 Å². The molecule has 3 heterocycles. The summed E-state index contributed by atoms with van der Waals surface area (Å²) in [5.74, 6) is 1.89. The Kier molecular flexibility index (Phi) is 3.91. The van der Waals surface area contributed by atoms with Gasteiger partial charge >= 0.3 is 0 Å². The highest BCUT2D eigenvalue weighted by molar-refractivity contribution is 5.93. The number of aromatic amines is 1. The van der Waals surface area contributed by atoms with Gasteiger partial charge in [0.25, 0.3) is 0 Å². The summed E-state index contributed by atoms with van der Waals surface area (Å²) >= 11 is 0. The van der Waals surface area contributed by atoms with Gasteiger partial charge < -0.3 is 4.74 Å². The molecule has 8 heteroatoms. The number of carbonyl (C=O) groups excluding carboxylic acids is 1. The molecule has 24 heavy (non-hydrogen) atoms. The van der Waals surface area contributed by atoms with Gasteiger partial charge in [0.15, 0.2) is 0 Å². The van der Waals surface area contributed by atoms with Crippen molar-refractivity contribution in [3.05, 3.63) is 35.2 Å². The van der Waals surface area contributed by atoms with Gasteiger partial charge in [-0.25, -0.2) is 10.9 Å². The van der Waals surface area contributed by atoms with E-state index in [4.69, 9.17) is 4.74 Å². The Morgan fingerprint density at radius 1 is 1.42 bits per heavy atom. The van der Waals surface area contributed by atoms with E-state index in [0.29, 0.717) is 12.4 Å². The van der Waals surface area contributed by atoms with Gasteiger partial charge in [-0.2, -0.15) is 4.98 Å². The lowest BCUT2D eigenvalue weighted by Gasteiger charge is -2.11. The number of aromatic nitrogens is 3. The minimum atomic E-state index is -0.330. The normalized spacial score (nSPS) is 22.2. The second-order valence-electron chi connectivity index (χ2n) is 6.04. The zero-order valence-corrected chi connectivity index (χ0v) is 13.4. The van der Waals surface area contributed by atoms with Crippen molar-refractivity contribution in [1.29, 1.82) is 0 Å². The predicted molar refractivity (Wildman–Crippen MR) is 87.4 cm³/mol. The summed E-state index contributed by atoms with van der Waals surface area (Å²) < 4.78 is 5.54. The fourth-order valence-corrected chi connectivity index (χ4v) is 3.08. The summed E-state index contributed by atoms with van der Waals surface area (Å²) in [6.07, 6.45) is 2.35. The Hall–Kier alpha value is -2.45. The van der Waals surface area contributed by atoms with E-state index in [0.717, 1.165) is 36.6 Å². The molecule has 0 radical (unpaired) electrons. The van der Waals surface area contributed by atoms with Crippen molar-refractivity contribution in [2.24, 2.45) is 0 Å². The minimum Gasteiger partial charge on any atom is -0.493 e. The van der Waals surface area contributed by atoms with Crippen LogP contribution in [0.1, 0.15) is 36.3 Å². The molecule has 4 rings (SSSR count). The Balaban J connectivity index is 1.39. The molecule has 2 aromatic rings. The van der Waals surface area contributed by atoms with Crippen LogP contribution in [0.3, 0.4) is 0 Å². The average molecular weight is 328 g/mol. The second kappa shape index (κ2) is 6.21. The predicted octanol–water partition coefficient (Wildman–Crippen LogP) is 0.848. The Morgan fingerprint density at radius 2 is 2.33 bits per heavy atom. The van der Waals surface area contributed by atoms with Crippen LogP contribution in [0.4, 0.5) is 5.95 Å². The Morgan fingerprint density at radius 3 is 3.17 bits per heavy atom. The van der Waals surface area contributed by atoms with Crippen LogP contribution in [0, 0.1) is 0 Å². The van der Waals surface area contributed by atoms with E-state index in [1.54, 1.807) is 0 Å². The number of rotatable bonds is 4. The first-order valence-corrected chi connectivity index (χ1v) is 8.21. The zero-order valence-electron chi connectivity index (χ0n) is 13.4. The van der Waals surface area contributed by atoms with Crippen molar-refractivity contribution in [2.75, 3.05) is 11.9 Å². The molecule has 2 aliphatic rings. The van der Waals surface area contributed by atoms with Crippen LogP contribution in [0.15, 0.2) is 18.2 Å². The van der Waals surface area contributed by atoms with Crippen molar-refractivity contribution in [3.8, 4) is 5.75 Å². The molecule has 1 amide bonds. The highest BCUT2D eigenvalue weighted by Gasteiger charge is 2.31. The van der Waals surface area contributed by atoms with E-state index in [2.05, 4.69) is 37.4 Å². The number of hydrazine groups is 1. The van der Waals surface area contributed by atoms with Crippen molar-refractivity contribution >= 4 is 11.9 Å². The molecule has 0 spiro atoms. The number of nitrogens with one attached hydrogen (secondary N) is 4. The molecule has 1 fully saturated rings. The van der Waals surface area contributed by atoms with Crippen molar-refractivity contribution in [1.82, 2.24) is 26.0 Å². The lowest BCUT2D eigenvalue weighted by Crippen LogP contribution is -2.39. The van der Waals surface area contributed by atoms with E-state index in [1.165, 1.54) is 5.56 Å². The molecular formula is C16H20N6O2. The van der Waals surface area contributed by atoms with Gasteiger partial charge in [0.2, 0.25) is 11.9 Å². The standard InChI is InChI=1S/C16H20N6O2/c1-2-14-17-16(22-21-14)18-15(23)12-8-11(19-20-12)9-3-4-13-10(7-9)5-6-24-13/h3-4,7,11-12,19-20H,2,5-6,8H2,1H3,(H2,17,18,21,22,23). The lowest BCUT2D eigenvalue weighted by atomic mass is 9.99. The summed E-state index contributed by atoms with van der Waals surface area (Å²) in [6.45, 7) is 2.72. The first-order valence-electron chi connectivity index (χ1n) is 8.21. The first kappa shape index (κ1) is 15.1. The van der Waals surface area contributed by atoms with Gasteiger partial charge in [0, 0.05) is 18.9 Å². The van der Waals surface area contributed by atoms with Gasteiger partial charge in [0.05, 0.1) is 6.61 Å². The maximum absolute atomic E-state index is 12.3. The number of benzene rings is 1. The van der Waals surface area contributed by atoms with E-state index in [9.17, 15) is 4.79 Å². The molecule has 0 aliphatic carbocycles. The fourth-order valence-electron chi connectivity index (χ4n) is 3.08. The van der Waals surface area contributed by atoms with E-state index >= 15 is 0 Å². The third-order valence-electron chi connectivity index (χ3n) is 4.44. The molecule has 1 saturated heterocycles. The van der Waals surface area contributed by atoms with Crippen LogP contribution >= 0.6 is 0 Å². The molecule has 1 aromatic heterocycles. The monoisotopic (exact) mass is 328 g/mol. The maximum atomic E-state index is 12.3.